The van der Waals surface area contributed by atoms with Crippen molar-refractivity contribution in [3.63, 3.8) is 0 Å². The molecule has 0 radical (unpaired) electrons. The number of halogens is 1. The van der Waals surface area contributed by atoms with Crippen LogP contribution >= 0.6 is 0 Å². The van der Waals surface area contributed by atoms with Crippen molar-refractivity contribution in [2.45, 2.75) is 13.0 Å². The number of amides is 1. The highest BCUT2D eigenvalue weighted by atomic mass is 19.1. The van der Waals surface area contributed by atoms with E-state index >= 15 is 0 Å². The van der Waals surface area contributed by atoms with Crippen molar-refractivity contribution in [3.8, 4) is 0 Å². The topological polar surface area (TPSA) is 29.1 Å². The average molecular weight is 293 g/mol. The van der Waals surface area contributed by atoms with Crippen molar-refractivity contribution in [1.82, 2.24) is 5.32 Å². The Morgan fingerprint density at radius 3 is 2.41 bits per heavy atom. The summed E-state index contributed by atoms with van der Waals surface area (Å²) < 4.78 is 13.0. The molecule has 0 saturated carbocycles. The van der Waals surface area contributed by atoms with Gasteiger partial charge in [0, 0.05) is 5.56 Å². The number of carbonyl (C=O) groups is 1. The van der Waals surface area contributed by atoms with Crippen molar-refractivity contribution in [2.75, 3.05) is 0 Å². The lowest BCUT2D eigenvalue weighted by Crippen LogP contribution is -2.26. The number of carbonyl (C=O) groups excluding carboxylic acids is 1. The van der Waals surface area contributed by atoms with E-state index in [-0.39, 0.29) is 17.8 Å². The highest BCUT2D eigenvalue weighted by Gasteiger charge is 2.13. The maximum Gasteiger partial charge on any atom is 0.252 e. The highest BCUT2D eigenvalue weighted by Crippen LogP contribution is 2.20. The van der Waals surface area contributed by atoms with Gasteiger partial charge < -0.3 is 5.32 Å². The predicted molar refractivity (Wildman–Crippen MR) is 86.2 cm³/mol. The largest absolute Gasteiger partial charge is 0.345 e. The molecule has 0 aliphatic heterocycles. The minimum atomic E-state index is -0.281. The van der Waals surface area contributed by atoms with E-state index in [1.165, 1.54) is 12.1 Å². The van der Waals surface area contributed by atoms with Crippen molar-refractivity contribution < 1.29 is 9.18 Å². The van der Waals surface area contributed by atoms with Gasteiger partial charge in [-0.05, 0) is 41.5 Å². The summed E-state index contributed by atoms with van der Waals surface area (Å²) in [4.78, 5) is 12.5. The molecule has 3 heteroatoms. The predicted octanol–water partition coefficient (Wildman–Crippen LogP) is 4.47. The van der Waals surface area contributed by atoms with E-state index in [2.05, 4.69) is 5.32 Å². The first-order valence-corrected chi connectivity index (χ1v) is 7.19. The van der Waals surface area contributed by atoms with Crippen LogP contribution in [0.15, 0.2) is 66.7 Å². The van der Waals surface area contributed by atoms with Gasteiger partial charge >= 0.3 is 0 Å². The Hall–Kier alpha value is -2.68. The minimum absolute atomic E-state index is 0.131. The first-order chi connectivity index (χ1) is 10.6. The van der Waals surface area contributed by atoms with Crippen LogP contribution in [-0.2, 0) is 0 Å². The summed E-state index contributed by atoms with van der Waals surface area (Å²) in [7, 11) is 0. The second-order valence-electron chi connectivity index (χ2n) is 5.27. The van der Waals surface area contributed by atoms with Gasteiger partial charge in [-0.3, -0.25) is 4.79 Å². The summed E-state index contributed by atoms with van der Waals surface area (Å²) in [5.74, 6) is -0.412. The second-order valence-corrected chi connectivity index (χ2v) is 5.27. The number of benzene rings is 3. The molecule has 3 aromatic carbocycles. The van der Waals surface area contributed by atoms with E-state index in [1.807, 2.05) is 49.4 Å². The molecule has 0 fully saturated rings. The molecule has 0 bridgehead atoms. The highest BCUT2D eigenvalue weighted by molar-refractivity contribution is 6.07. The van der Waals surface area contributed by atoms with Gasteiger partial charge in [0.2, 0.25) is 0 Å². The molecule has 0 aliphatic carbocycles. The summed E-state index contributed by atoms with van der Waals surface area (Å²) in [5.41, 5.74) is 1.52. The van der Waals surface area contributed by atoms with E-state index in [0.717, 1.165) is 16.3 Å². The van der Waals surface area contributed by atoms with Crippen molar-refractivity contribution in [1.29, 1.82) is 0 Å². The fourth-order valence-electron chi connectivity index (χ4n) is 2.53. The Morgan fingerprint density at radius 1 is 0.955 bits per heavy atom. The van der Waals surface area contributed by atoms with Gasteiger partial charge in [-0.2, -0.15) is 0 Å². The fourth-order valence-corrected chi connectivity index (χ4v) is 2.53. The van der Waals surface area contributed by atoms with Gasteiger partial charge in [-0.25, -0.2) is 4.39 Å². The van der Waals surface area contributed by atoms with E-state index in [0.29, 0.717) is 5.56 Å². The molecule has 3 aromatic rings. The van der Waals surface area contributed by atoms with Crippen LogP contribution in [0.25, 0.3) is 10.8 Å². The average Bonchev–Trinajstić information content (AvgIpc) is 2.54. The number of hydrogen-bond donors (Lipinski definition) is 1. The molecule has 0 spiro atoms. The molecule has 1 amide bonds. The van der Waals surface area contributed by atoms with E-state index in [9.17, 15) is 9.18 Å². The summed E-state index contributed by atoms with van der Waals surface area (Å²) in [5, 5.41) is 4.92. The second kappa shape index (κ2) is 5.98. The smallest absolute Gasteiger partial charge is 0.252 e. The molecule has 0 saturated heterocycles. The quantitative estimate of drug-likeness (QED) is 0.758. The third kappa shape index (κ3) is 2.84. The van der Waals surface area contributed by atoms with Crippen molar-refractivity contribution in [3.05, 3.63) is 83.7 Å². The maximum atomic E-state index is 13.0. The van der Waals surface area contributed by atoms with Gasteiger partial charge in [0.25, 0.3) is 5.91 Å². The van der Waals surface area contributed by atoms with Gasteiger partial charge in [0.1, 0.15) is 5.82 Å². The zero-order valence-corrected chi connectivity index (χ0v) is 12.2. The molecule has 0 aliphatic rings. The number of fused-ring (bicyclic) bond motifs is 1. The summed E-state index contributed by atoms with van der Waals surface area (Å²) >= 11 is 0. The number of rotatable bonds is 3. The maximum absolute atomic E-state index is 13.0. The van der Waals surface area contributed by atoms with Gasteiger partial charge in [-0.15, -0.1) is 0 Å². The van der Waals surface area contributed by atoms with Crippen LogP contribution in [0, 0.1) is 5.82 Å². The van der Waals surface area contributed by atoms with Gasteiger partial charge in [0.15, 0.2) is 0 Å². The van der Waals surface area contributed by atoms with Crippen LogP contribution in [0.5, 0.6) is 0 Å². The Labute approximate surface area is 128 Å². The van der Waals surface area contributed by atoms with Crippen LogP contribution < -0.4 is 5.32 Å². The van der Waals surface area contributed by atoms with Crippen molar-refractivity contribution in [2.24, 2.45) is 0 Å². The molecular weight excluding hydrogens is 277 g/mol. The summed E-state index contributed by atoms with van der Waals surface area (Å²) in [6, 6.07) is 19.4. The van der Waals surface area contributed by atoms with Crippen LogP contribution in [0.1, 0.15) is 28.9 Å². The molecule has 22 heavy (non-hydrogen) atoms. The third-order valence-corrected chi connectivity index (χ3v) is 3.75. The zero-order chi connectivity index (χ0) is 15.5. The van der Waals surface area contributed by atoms with Crippen LogP contribution in [0.4, 0.5) is 4.39 Å². The molecular formula is C19H16FNO. The molecule has 110 valence electrons. The molecule has 1 N–H and O–H groups in total. The molecule has 2 nitrogen and oxygen atoms in total. The Balaban J connectivity index is 1.85. The molecule has 0 heterocycles. The molecule has 0 aromatic heterocycles. The molecule has 3 rings (SSSR count). The summed E-state index contributed by atoms with van der Waals surface area (Å²) in [6.45, 7) is 1.89. The first-order valence-electron chi connectivity index (χ1n) is 7.19. The van der Waals surface area contributed by atoms with Crippen LogP contribution in [0.3, 0.4) is 0 Å². The molecule has 1 atom stereocenters. The minimum Gasteiger partial charge on any atom is -0.345 e. The van der Waals surface area contributed by atoms with Crippen molar-refractivity contribution >= 4 is 16.7 Å². The van der Waals surface area contributed by atoms with Crippen LogP contribution in [-0.4, -0.2) is 5.91 Å². The zero-order valence-electron chi connectivity index (χ0n) is 12.2. The Bertz CT molecular complexity index is 806. The Kier molecular flexibility index (Phi) is 3.88. The lowest BCUT2D eigenvalue weighted by Gasteiger charge is -2.15. The standard InChI is InChI=1S/C19H16FNO/c1-13(14-9-11-16(20)12-10-14)21-19(22)18-8-4-6-15-5-2-3-7-17(15)18/h2-13H,1H3,(H,21,22)/t13-/m0/s1. The third-order valence-electron chi connectivity index (χ3n) is 3.75. The number of nitrogens with one attached hydrogen (secondary N) is 1. The monoisotopic (exact) mass is 293 g/mol. The van der Waals surface area contributed by atoms with E-state index in [1.54, 1.807) is 12.1 Å². The summed E-state index contributed by atoms with van der Waals surface area (Å²) in [6.07, 6.45) is 0. The lowest BCUT2D eigenvalue weighted by molar-refractivity contribution is 0.0941. The van der Waals surface area contributed by atoms with Gasteiger partial charge in [-0.1, -0.05) is 48.5 Å². The SMILES string of the molecule is C[C@H](NC(=O)c1cccc2ccccc12)c1ccc(F)cc1. The lowest BCUT2D eigenvalue weighted by atomic mass is 10.0. The van der Waals surface area contributed by atoms with E-state index in [4.69, 9.17) is 0 Å². The normalized spacial score (nSPS) is 12.1. The number of hydrogen-bond acceptors (Lipinski definition) is 1. The van der Waals surface area contributed by atoms with Gasteiger partial charge in [0.05, 0.1) is 6.04 Å². The fraction of sp³-hybridized carbons (Fsp3) is 0.105. The van der Waals surface area contributed by atoms with E-state index < -0.39 is 0 Å². The van der Waals surface area contributed by atoms with Crippen LogP contribution in [0.2, 0.25) is 0 Å². The first kappa shape index (κ1) is 14.3. The molecule has 0 unspecified atom stereocenters. The Morgan fingerprint density at radius 2 is 1.64 bits per heavy atom.